The third-order valence-corrected chi connectivity index (χ3v) is 4.92. The molecule has 0 amide bonds. The average Bonchev–Trinajstić information content (AvgIpc) is 3.02. The van der Waals surface area contributed by atoms with Gasteiger partial charge in [0, 0.05) is 22.5 Å². The zero-order chi connectivity index (χ0) is 16.5. The van der Waals surface area contributed by atoms with E-state index < -0.39 is 0 Å². The molecule has 2 heteroatoms. The zero-order valence-corrected chi connectivity index (χ0v) is 14.1. The summed E-state index contributed by atoms with van der Waals surface area (Å²) in [7, 11) is 0. The summed E-state index contributed by atoms with van der Waals surface area (Å²) in [4.78, 5) is 4.62. The van der Waals surface area contributed by atoms with Crippen molar-refractivity contribution in [2.45, 2.75) is 32.6 Å². The number of hydrogen-bond donors (Lipinski definition) is 0. The van der Waals surface area contributed by atoms with Crippen molar-refractivity contribution in [2.24, 2.45) is 0 Å². The standard InChI is InChI=1S/C22H21NO/c1-3-15(4-2)16-12-13-23-20(14-16)19-10-7-9-18-17-8-5-6-11-21(17)24-22(18)19/h5-15H,3-4H2,1-2H3. The van der Waals surface area contributed by atoms with Crippen molar-refractivity contribution in [3.05, 3.63) is 66.4 Å². The third kappa shape index (κ3) is 2.39. The van der Waals surface area contributed by atoms with Gasteiger partial charge < -0.3 is 4.42 Å². The van der Waals surface area contributed by atoms with Crippen molar-refractivity contribution >= 4 is 21.9 Å². The molecule has 2 aromatic carbocycles. The quantitative estimate of drug-likeness (QED) is 0.426. The van der Waals surface area contributed by atoms with Gasteiger partial charge in [-0.2, -0.15) is 0 Å². The molecular weight excluding hydrogens is 294 g/mol. The molecular formula is C22H21NO. The van der Waals surface area contributed by atoms with Gasteiger partial charge in [-0.25, -0.2) is 0 Å². The molecule has 0 bridgehead atoms. The van der Waals surface area contributed by atoms with Crippen LogP contribution in [0, 0.1) is 0 Å². The van der Waals surface area contributed by atoms with Crippen LogP contribution >= 0.6 is 0 Å². The predicted molar refractivity (Wildman–Crippen MR) is 100 cm³/mol. The number of para-hydroxylation sites is 2. The smallest absolute Gasteiger partial charge is 0.144 e. The molecule has 4 aromatic rings. The molecule has 0 saturated carbocycles. The van der Waals surface area contributed by atoms with Gasteiger partial charge in [-0.05, 0) is 48.6 Å². The van der Waals surface area contributed by atoms with Gasteiger partial charge >= 0.3 is 0 Å². The maximum atomic E-state index is 6.15. The first kappa shape index (κ1) is 14.9. The van der Waals surface area contributed by atoms with Crippen LogP contribution in [0.2, 0.25) is 0 Å². The molecule has 0 aliphatic rings. The fourth-order valence-corrected chi connectivity index (χ4v) is 3.56. The molecule has 2 aromatic heterocycles. The second kappa shape index (κ2) is 6.12. The number of benzene rings is 2. The Morgan fingerprint density at radius 1 is 0.917 bits per heavy atom. The Kier molecular flexibility index (Phi) is 3.81. The summed E-state index contributed by atoms with van der Waals surface area (Å²) in [5.74, 6) is 0.585. The normalized spacial score (nSPS) is 11.6. The van der Waals surface area contributed by atoms with E-state index in [0.29, 0.717) is 5.92 Å². The van der Waals surface area contributed by atoms with Crippen molar-refractivity contribution in [1.29, 1.82) is 0 Å². The van der Waals surface area contributed by atoms with Gasteiger partial charge in [0.05, 0.1) is 5.69 Å². The van der Waals surface area contributed by atoms with E-state index in [1.54, 1.807) is 0 Å². The molecule has 0 saturated heterocycles. The van der Waals surface area contributed by atoms with Crippen LogP contribution in [-0.2, 0) is 0 Å². The van der Waals surface area contributed by atoms with Gasteiger partial charge in [0.25, 0.3) is 0 Å². The predicted octanol–water partition coefficient (Wildman–Crippen LogP) is 6.55. The summed E-state index contributed by atoms with van der Waals surface area (Å²) in [5, 5.41) is 2.31. The number of pyridine rings is 1. The SMILES string of the molecule is CCC(CC)c1ccnc(-c2cccc3c2oc2ccccc23)c1. The molecule has 0 atom stereocenters. The molecule has 0 fully saturated rings. The summed E-state index contributed by atoms with van der Waals surface area (Å²) >= 11 is 0. The minimum Gasteiger partial charge on any atom is -0.455 e. The largest absolute Gasteiger partial charge is 0.455 e. The van der Waals surface area contributed by atoms with E-state index in [-0.39, 0.29) is 0 Å². The van der Waals surface area contributed by atoms with E-state index in [0.717, 1.165) is 46.0 Å². The first-order chi connectivity index (χ1) is 11.8. The fraction of sp³-hybridized carbons (Fsp3) is 0.227. The second-order valence-corrected chi connectivity index (χ2v) is 6.27. The highest BCUT2D eigenvalue weighted by Gasteiger charge is 2.14. The second-order valence-electron chi connectivity index (χ2n) is 6.27. The minimum absolute atomic E-state index is 0.585. The molecule has 4 rings (SSSR count). The molecule has 0 radical (unpaired) electrons. The molecule has 0 aliphatic heterocycles. The van der Waals surface area contributed by atoms with E-state index >= 15 is 0 Å². The zero-order valence-electron chi connectivity index (χ0n) is 14.1. The first-order valence-corrected chi connectivity index (χ1v) is 8.68. The fourth-order valence-electron chi connectivity index (χ4n) is 3.56. The Bertz CT molecular complexity index is 995. The van der Waals surface area contributed by atoms with Crippen LogP contribution < -0.4 is 0 Å². The van der Waals surface area contributed by atoms with E-state index in [9.17, 15) is 0 Å². The summed E-state index contributed by atoms with van der Waals surface area (Å²) in [6.07, 6.45) is 4.22. The lowest BCUT2D eigenvalue weighted by molar-refractivity contribution is 0.641. The molecule has 24 heavy (non-hydrogen) atoms. The van der Waals surface area contributed by atoms with Gasteiger partial charge in [0.15, 0.2) is 0 Å². The maximum Gasteiger partial charge on any atom is 0.144 e. The lowest BCUT2D eigenvalue weighted by Crippen LogP contribution is -1.96. The van der Waals surface area contributed by atoms with Crippen molar-refractivity contribution in [3.63, 3.8) is 0 Å². The van der Waals surface area contributed by atoms with E-state index in [1.807, 2.05) is 18.3 Å². The highest BCUT2D eigenvalue weighted by molar-refractivity contribution is 6.09. The summed E-state index contributed by atoms with van der Waals surface area (Å²) in [6.45, 7) is 4.49. The van der Waals surface area contributed by atoms with E-state index in [1.165, 1.54) is 5.56 Å². The Morgan fingerprint density at radius 2 is 1.71 bits per heavy atom. The Labute approximate surface area is 142 Å². The molecule has 2 nitrogen and oxygen atoms in total. The van der Waals surface area contributed by atoms with Crippen LogP contribution in [0.1, 0.15) is 38.2 Å². The van der Waals surface area contributed by atoms with Crippen LogP contribution in [0.3, 0.4) is 0 Å². The summed E-state index contributed by atoms with van der Waals surface area (Å²) in [6, 6.07) is 18.9. The van der Waals surface area contributed by atoms with Gasteiger partial charge in [-0.1, -0.05) is 44.2 Å². The molecule has 0 unspecified atom stereocenters. The minimum atomic E-state index is 0.585. The maximum absolute atomic E-state index is 6.15. The summed E-state index contributed by atoms with van der Waals surface area (Å²) in [5.41, 5.74) is 5.27. The van der Waals surface area contributed by atoms with Crippen molar-refractivity contribution in [3.8, 4) is 11.3 Å². The number of aromatic nitrogens is 1. The Balaban J connectivity index is 1.92. The lowest BCUT2D eigenvalue weighted by Gasteiger charge is -2.13. The van der Waals surface area contributed by atoms with Gasteiger partial charge in [-0.3, -0.25) is 4.98 Å². The average molecular weight is 315 g/mol. The molecule has 2 heterocycles. The highest BCUT2D eigenvalue weighted by Crippen LogP contribution is 2.35. The van der Waals surface area contributed by atoms with Crippen LogP contribution in [0.5, 0.6) is 0 Å². The topological polar surface area (TPSA) is 26.0 Å². The molecule has 0 aliphatic carbocycles. The van der Waals surface area contributed by atoms with Crippen LogP contribution in [0.15, 0.2) is 65.2 Å². The van der Waals surface area contributed by atoms with Crippen LogP contribution in [0.25, 0.3) is 33.2 Å². The number of hydrogen-bond acceptors (Lipinski definition) is 2. The lowest BCUT2D eigenvalue weighted by atomic mass is 9.93. The number of rotatable bonds is 4. The number of furan rings is 1. The van der Waals surface area contributed by atoms with E-state index in [2.05, 4.69) is 61.3 Å². The molecule has 120 valence electrons. The third-order valence-electron chi connectivity index (χ3n) is 4.92. The number of fused-ring (bicyclic) bond motifs is 3. The first-order valence-electron chi connectivity index (χ1n) is 8.68. The van der Waals surface area contributed by atoms with Gasteiger partial charge in [0.1, 0.15) is 11.2 Å². The van der Waals surface area contributed by atoms with Gasteiger partial charge in [0.2, 0.25) is 0 Å². The van der Waals surface area contributed by atoms with Crippen molar-refractivity contribution in [1.82, 2.24) is 4.98 Å². The van der Waals surface area contributed by atoms with Crippen molar-refractivity contribution < 1.29 is 4.42 Å². The van der Waals surface area contributed by atoms with Gasteiger partial charge in [-0.15, -0.1) is 0 Å². The van der Waals surface area contributed by atoms with Crippen LogP contribution in [-0.4, -0.2) is 4.98 Å². The highest BCUT2D eigenvalue weighted by atomic mass is 16.3. The van der Waals surface area contributed by atoms with Crippen LogP contribution in [0.4, 0.5) is 0 Å². The monoisotopic (exact) mass is 315 g/mol. The summed E-state index contributed by atoms with van der Waals surface area (Å²) < 4.78 is 6.15. The Morgan fingerprint density at radius 3 is 2.54 bits per heavy atom. The molecule has 0 N–H and O–H groups in total. The van der Waals surface area contributed by atoms with E-state index in [4.69, 9.17) is 4.42 Å². The van der Waals surface area contributed by atoms with Crippen molar-refractivity contribution in [2.75, 3.05) is 0 Å². The molecule has 0 spiro atoms. The number of nitrogens with zero attached hydrogens (tertiary/aromatic N) is 1. The Hall–Kier alpha value is -2.61.